The molecule has 6 nitrogen and oxygen atoms in total. The van der Waals surface area contributed by atoms with Crippen LogP contribution in [-0.2, 0) is 10.2 Å². The van der Waals surface area contributed by atoms with Gasteiger partial charge in [-0.05, 0) is 69.4 Å². The summed E-state index contributed by atoms with van der Waals surface area (Å²) in [5, 5.41) is 7.49. The third kappa shape index (κ3) is 5.84. The molecule has 0 aliphatic heterocycles. The van der Waals surface area contributed by atoms with Crippen LogP contribution < -0.4 is 5.32 Å². The lowest BCUT2D eigenvalue weighted by molar-refractivity contribution is 0.0518. The molecule has 0 radical (unpaired) electrons. The van der Waals surface area contributed by atoms with Crippen LogP contribution in [0, 0.1) is 0 Å². The average Bonchev–Trinajstić information content (AvgIpc) is 3.21. The summed E-state index contributed by atoms with van der Waals surface area (Å²) < 4.78 is 6.86. The minimum atomic E-state index is -0.434. The molecule has 31 heavy (non-hydrogen) atoms. The van der Waals surface area contributed by atoms with Crippen molar-refractivity contribution in [1.82, 2.24) is 15.1 Å². The number of nitrogens with zero attached hydrogens (tertiary/aromatic N) is 2. The van der Waals surface area contributed by atoms with Crippen molar-refractivity contribution in [3.8, 4) is 5.69 Å². The van der Waals surface area contributed by atoms with Gasteiger partial charge in [-0.25, -0.2) is 9.48 Å². The Labute approximate surface area is 184 Å². The third-order valence-electron chi connectivity index (χ3n) is 5.45. The zero-order chi connectivity index (χ0) is 22.4. The van der Waals surface area contributed by atoms with Crippen molar-refractivity contribution >= 4 is 11.9 Å². The number of hydrogen-bond donors (Lipinski definition) is 1. The highest BCUT2D eigenvalue weighted by atomic mass is 16.5. The van der Waals surface area contributed by atoms with Crippen LogP contribution in [0.3, 0.4) is 0 Å². The zero-order valence-corrected chi connectivity index (χ0v) is 19.0. The van der Waals surface area contributed by atoms with Gasteiger partial charge in [0.2, 0.25) is 0 Å². The van der Waals surface area contributed by atoms with Gasteiger partial charge in [0.1, 0.15) is 0 Å². The normalized spacial score (nSPS) is 14.1. The molecule has 0 unspecified atom stereocenters. The Hall–Kier alpha value is -2.89. The second-order valence-corrected chi connectivity index (χ2v) is 8.96. The summed E-state index contributed by atoms with van der Waals surface area (Å²) in [5.41, 5.74) is 3.81. The van der Waals surface area contributed by atoms with E-state index >= 15 is 0 Å². The Morgan fingerprint density at radius 2 is 1.90 bits per heavy atom. The molecule has 0 fully saturated rings. The van der Waals surface area contributed by atoms with Gasteiger partial charge in [-0.15, -0.1) is 0 Å². The molecule has 0 bridgehead atoms. The van der Waals surface area contributed by atoms with E-state index in [2.05, 4.69) is 37.3 Å². The number of hydrogen-bond acceptors (Lipinski definition) is 4. The number of nitrogens with one attached hydrogen (secondary N) is 1. The van der Waals surface area contributed by atoms with Crippen molar-refractivity contribution in [1.29, 1.82) is 0 Å². The van der Waals surface area contributed by atoms with Crippen LogP contribution in [0.25, 0.3) is 5.69 Å². The minimum absolute atomic E-state index is 0.0771. The first-order chi connectivity index (χ1) is 14.8. The quantitative estimate of drug-likeness (QED) is 0.504. The van der Waals surface area contributed by atoms with Gasteiger partial charge in [-0.3, -0.25) is 4.79 Å². The second-order valence-electron chi connectivity index (χ2n) is 8.96. The van der Waals surface area contributed by atoms with Crippen LogP contribution >= 0.6 is 0 Å². The van der Waals surface area contributed by atoms with E-state index in [0.29, 0.717) is 18.7 Å². The first-order valence-electron chi connectivity index (χ1n) is 11.1. The van der Waals surface area contributed by atoms with Crippen LogP contribution in [-0.4, -0.2) is 34.8 Å². The molecule has 6 heteroatoms. The molecule has 1 heterocycles. The Kier molecular flexibility index (Phi) is 7.31. The number of benzene rings is 1. The largest absolute Gasteiger partial charge is 0.461 e. The predicted octanol–water partition coefficient (Wildman–Crippen LogP) is 4.97. The van der Waals surface area contributed by atoms with Crippen LogP contribution in [0.5, 0.6) is 0 Å². The van der Waals surface area contributed by atoms with Gasteiger partial charge in [0.25, 0.3) is 5.91 Å². The van der Waals surface area contributed by atoms with Gasteiger partial charge >= 0.3 is 5.97 Å². The van der Waals surface area contributed by atoms with Crippen molar-refractivity contribution in [3.63, 3.8) is 0 Å². The molecule has 2 aromatic rings. The highest BCUT2D eigenvalue weighted by molar-refractivity contribution is 5.94. The average molecular weight is 424 g/mol. The molecule has 0 spiro atoms. The first-order valence-corrected chi connectivity index (χ1v) is 11.1. The van der Waals surface area contributed by atoms with Crippen LogP contribution in [0.15, 0.2) is 42.0 Å². The molecular formula is C25H33N3O3. The van der Waals surface area contributed by atoms with E-state index in [1.165, 1.54) is 18.4 Å². The molecular weight excluding hydrogens is 390 g/mol. The summed E-state index contributed by atoms with van der Waals surface area (Å²) in [4.78, 5) is 24.7. The van der Waals surface area contributed by atoms with E-state index in [4.69, 9.17) is 4.74 Å². The summed E-state index contributed by atoms with van der Waals surface area (Å²) in [5.74, 6) is -0.512. The SMILES string of the molecule is CCOC(=O)c1cc(C(C)(C)C)n(-c2ccc(C(=O)NCCC3=CCCCC3)cc2)n1. The molecule has 1 aromatic heterocycles. The van der Waals surface area contributed by atoms with E-state index in [0.717, 1.165) is 30.6 Å². The van der Waals surface area contributed by atoms with E-state index in [-0.39, 0.29) is 17.0 Å². The summed E-state index contributed by atoms with van der Waals surface area (Å²) in [7, 11) is 0. The summed E-state index contributed by atoms with van der Waals surface area (Å²) >= 11 is 0. The Bertz CT molecular complexity index is 949. The minimum Gasteiger partial charge on any atom is -0.461 e. The number of aromatic nitrogens is 2. The molecule has 0 saturated carbocycles. The Morgan fingerprint density at radius 3 is 2.52 bits per heavy atom. The molecule has 1 aliphatic carbocycles. The Morgan fingerprint density at radius 1 is 1.16 bits per heavy atom. The molecule has 1 aliphatic rings. The molecule has 1 amide bonds. The topological polar surface area (TPSA) is 73.2 Å². The highest BCUT2D eigenvalue weighted by Gasteiger charge is 2.24. The number of carbonyl (C=O) groups excluding carboxylic acids is 2. The maximum Gasteiger partial charge on any atom is 0.358 e. The van der Waals surface area contributed by atoms with E-state index in [1.54, 1.807) is 29.8 Å². The van der Waals surface area contributed by atoms with Gasteiger partial charge in [0, 0.05) is 17.5 Å². The van der Waals surface area contributed by atoms with Crippen molar-refractivity contribution in [2.45, 2.75) is 65.2 Å². The standard InChI is InChI=1S/C25H33N3O3/c1-5-31-24(30)21-17-22(25(2,3)4)28(27-21)20-13-11-19(12-14-20)23(29)26-16-15-18-9-7-6-8-10-18/h9,11-14,17H,5-8,10,15-16H2,1-4H3,(H,26,29). The Balaban J connectivity index is 1.72. The highest BCUT2D eigenvalue weighted by Crippen LogP contribution is 2.26. The molecule has 1 aromatic carbocycles. The number of amides is 1. The summed E-state index contributed by atoms with van der Waals surface area (Å²) in [6, 6.07) is 9.08. The van der Waals surface area contributed by atoms with Crippen molar-refractivity contribution in [2.75, 3.05) is 13.2 Å². The van der Waals surface area contributed by atoms with E-state index in [9.17, 15) is 9.59 Å². The predicted molar refractivity (Wildman–Crippen MR) is 122 cm³/mol. The maximum atomic E-state index is 12.5. The fraction of sp³-hybridized carbons (Fsp3) is 0.480. The summed E-state index contributed by atoms with van der Waals surface area (Å²) in [6.45, 7) is 8.94. The molecule has 166 valence electrons. The molecule has 1 N–H and O–H groups in total. The van der Waals surface area contributed by atoms with Crippen LogP contribution in [0.2, 0.25) is 0 Å². The maximum absolute atomic E-state index is 12.5. The zero-order valence-electron chi connectivity index (χ0n) is 19.0. The second kappa shape index (κ2) is 9.94. The van der Waals surface area contributed by atoms with E-state index in [1.807, 2.05) is 12.1 Å². The smallest absolute Gasteiger partial charge is 0.358 e. The number of esters is 1. The van der Waals surface area contributed by atoms with Crippen LogP contribution in [0.4, 0.5) is 0 Å². The first kappa shape index (κ1) is 22.8. The molecule has 0 atom stereocenters. The van der Waals surface area contributed by atoms with Gasteiger partial charge in [0.05, 0.1) is 18.0 Å². The summed E-state index contributed by atoms with van der Waals surface area (Å²) in [6.07, 6.45) is 8.07. The molecule has 3 rings (SSSR count). The van der Waals surface area contributed by atoms with Crippen molar-refractivity contribution in [3.05, 3.63) is 58.9 Å². The van der Waals surface area contributed by atoms with Gasteiger partial charge in [0.15, 0.2) is 5.69 Å². The monoisotopic (exact) mass is 423 g/mol. The van der Waals surface area contributed by atoms with Gasteiger partial charge in [-0.1, -0.05) is 32.4 Å². The van der Waals surface area contributed by atoms with Crippen molar-refractivity contribution in [2.24, 2.45) is 0 Å². The van der Waals surface area contributed by atoms with Crippen molar-refractivity contribution < 1.29 is 14.3 Å². The lowest BCUT2D eigenvalue weighted by Crippen LogP contribution is -2.25. The van der Waals surface area contributed by atoms with Gasteiger partial charge in [-0.2, -0.15) is 5.10 Å². The lowest BCUT2D eigenvalue weighted by Gasteiger charge is -2.20. The lowest BCUT2D eigenvalue weighted by atomic mass is 9.91. The fourth-order valence-electron chi connectivity index (χ4n) is 3.74. The van der Waals surface area contributed by atoms with Gasteiger partial charge < -0.3 is 10.1 Å². The fourth-order valence-corrected chi connectivity index (χ4v) is 3.74. The molecule has 0 saturated heterocycles. The number of ether oxygens (including phenoxy) is 1. The van der Waals surface area contributed by atoms with E-state index < -0.39 is 5.97 Å². The number of rotatable bonds is 7. The number of allylic oxidation sites excluding steroid dienone is 1. The van der Waals surface area contributed by atoms with Crippen LogP contribution in [0.1, 0.15) is 86.3 Å². The number of carbonyl (C=O) groups is 2. The third-order valence-corrected chi connectivity index (χ3v) is 5.45.